The maximum absolute atomic E-state index is 15.6. The molecule has 30 heavy (non-hydrogen) atoms. The van der Waals surface area contributed by atoms with Gasteiger partial charge in [0.25, 0.3) is 0 Å². The number of pyridine rings is 2. The molecule has 1 fully saturated rings. The number of hydrogen-bond donors (Lipinski definition) is 3. The molecule has 0 aliphatic heterocycles. The van der Waals surface area contributed by atoms with Crippen LogP contribution in [-0.4, -0.2) is 28.5 Å². The number of carbonyl (C=O) groups excluding carboxylic acids is 1. The van der Waals surface area contributed by atoms with Crippen molar-refractivity contribution in [3.63, 3.8) is 0 Å². The van der Waals surface area contributed by atoms with Crippen LogP contribution in [0.3, 0.4) is 0 Å². The number of anilines is 2. The quantitative estimate of drug-likeness (QED) is 0.496. The van der Waals surface area contributed by atoms with Gasteiger partial charge >= 0.3 is 0 Å². The van der Waals surface area contributed by atoms with Gasteiger partial charge in [0.05, 0.1) is 11.8 Å². The van der Waals surface area contributed by atoms with Gasteiger partial charge in [0.2, 0.25) is 5.91 Å². The zero-order valence-electron chi connectivity index (χ0n) is 16.3. The summed E-state index contributed by atoms with van der Waals surface area (Å²) in [6, 6.07) is 12.4. The molecule has 5 N–H and O–H groups in total. The van der Waals surface area contributed by atoms with Gasteiger partial charge in [0.15, 0.2) is 5.82 Å². The van der Waals surface area contributed by atoms with Crippen molar-refractivity contribution in [2.75, 3.05) is 11.6 Å². The van der Waals surface area contributed by atoms with Gasteiger partial charge in [-0.2, -0.15) is 0 Å². The van der Waals surface area contributed by atoms with Crippen molar-refractivity contribution >= 4 is 17.4 Å². The molecule has 1 saturated carbocycles. The number of amides is 1. The van der Waals surface area contributed by atoms with E-state index in [4.69, 9.17) is 11.5 Å². The van der Waals surface area contributed by atoms with Crippen molar-refractivity contribution < 1.29 is 9.18 Å². The summed E-state index contributed by atoms with van der Waals surface area (Å²) < 4.78 is 15.6. The lowest BCUT2D eigenvalue weighted by molar-refractivity contribution is 0.1000. The minimum Gasteiger partial charge on any atom is -0.366 e. The van der Waals surface area contributed by atoms with Crippen LogP contribution < -0.4 is 21.9 Å². The number of carbonyl (C=O) groups is 1. The number of aromatic nitrogens is 2. The summed E-state index contributed by atoms with van der Waals surface area (Å²) in [5.41, 5.74) is 16.2. The monoisotopic (exact) mass is 406 g/mol. The first-order valence-corrected chi connectivity index (χ1v) is 9.79. The minimum atomic E-state index is -0.578. The van der Waals surface area contributed by atoms with Gasteiger partial charge in [-0.15, -0.1) is 0 Å². The van der Waals surface area contributed by atoms with Crippen LogP contribution in [0.15, 0.2) is 61.1 Å². The third kappa shape index (κ3) is 4.14. The SMILES string of the molecule is NC[C@H](NN(c1ccc(C(N)=O)cn1)c1cncc(-c2ccccc2)c1F)C1CC1. The lowest BCUT2D eigenvalue weighted by atomic mass is 10.1. The largest absolute Gasteiger partial charge is 0.366 e. The van der Waals surface area contributed by atoms with Gasteiger partial charge in [0, 0.05) is 30.5 Å². The summed E-state index contributed by atoms with van der Waals surface area (Å²) in [5, 5.41) is 1.55. The molecule has 3 aromatic rings. The van der Waals surface area contributed by atoms with Crippen molar-refractivity contribution in [2.45, 2.75) is 18.9 Å². The first-order valence-electron chi connectivity index (χ1n) is 9.79. The molecular weight excluding hydrogens is 383 g/mol. The number of primary amides is 1. The Kier molecular flexibility index (Phi) is 5.69. The predicted octanol–water partition coefficient (Wildman–Crippen LogP) is 2.76. The molecular formula is C22H23FN6O. The fourth-order valence-electron chi connectivity index (χ4n) is 3.35. The Morgan fingerprint density at radius 3 is 2.53 bits per heavy atom. The molecule has 7 nitrogen and oxygen atoms in total. The Bertz CT molecular complexity index is 1020. The van der Waals surface area contributed by atoms with Crippen LogP contribution in [0.2, 0.25) is 0 Å². The second-order valence-electron chi connectivity index (χ2n) is 7.30. The Balaban J connectivity index is 1.76. The minimum absolute atomic E-state index is 0.0394. The smallest absolute Gasteiger partial charge is 0.250 e. The Morgan fingerprint density at radius 2 is 1.93 bits per heavy atom. The van der Waals surface area contributed by atoms with Crippen molar-refractivity contribution in [3.8, 4) is 11.1 Å². The molecule has 0 saturated heterocycles. The summed E-state index contributed by atoms with van der Waals surface area (Å²) in [4.78, 5) is 20.0. The number of nitrogens with zero attached hydrogens (tertiary/aromatic N) is 3. The second-order valence-corrected chi connectivity index (χ2v) is 7.30. The molecule has 1 atom stereocenters. The average molecular weight is 406 g/mol. The number of rotatable bonds is 8. The molecule has 8 heteroatoms. The third-order valence-electron chi connectivity index (χ3n) is 5.19. The van der Waals surface area contributed by atoms with E-state index >= 15 is 4.39 Å². The van der Waals surface area contributed by atoms with E-state index in [0.717, 1.165) is 18.4 Å². The molecule has 154 valence electrons. The average Bonchev–Trinajstić information content (AvgIpc) is 3.61. The number of hydrazine groups is 1. The van der Waals surface area contributed by atoms with Crippen molar-refractivity contribution in [2.24, 2.45) is 17.4 Å². The van der Waals surface area contributed by atoms with E-state index in [1.807, 2.05) is 30.3 Å². The fraction of sp³-hybridized carbons (Fsp3) is 0.227. The Hall–Kier alpha value is -3.36. The van der Waals surface area contributed by atoms with E-state index in [9.17, 15) is 4.79 Å². The van der Waals surface area contributed by atoms with Crippen LogP contribution in [0, 0.1) is 11.7 Å². The maximum Gasteiger partial charge on any atom is 0.250 e. The maximum atomic E-state index is 15.6. The highest BCUT2D eigenvalue weighted by Gasteiger charge is 2.33. The van der Waals surface area contributed by atoms with Crippen molar-refractivity contribution in [1.29, 1.82) is 0 Å². The van der Waals surface area contributed by atoms with Crippen LogP contribution in [0.25, 0.3) is 11.1 Å². The predicted molar refractivity (Wildman–Crippen MR) is 113 cm³/mol. The van der Waals surface area contributed by atoms with Gasteiger partial charge < -0.3 is 11.5 Å². The Labute approximate surface area is 173 Å². The van der Waals surface area contributed by atoms with E-state index in [-0.39, 0.29) is 17.3 Å². The van der Waals surface area contributed by atoms with Crippen LogP contribution in [0.4, 0.5) is 15.9 Å². The highest BCUT2D eigenvalue weighted by molar-refractivity contribution is 5.92. The molecule has 0 radical (unpaired) electrons. The van der Waals surface area contributed by atoms with Gasteiger partial charge in [-0.25, -0.2) is 14.8 Å². The zero-order chi connectivity index (χ0) is 21.1. The molecule has 4 rings (SSSR count). The van der Waals surface area contributed by atoms with Gasteiger partial charge in [0.1, 0.15) is 11.5 Å². The Morgan fingerprint density at radius 1 is 1.17 bits per heavy atom. The van der Waals surface area contributed by atoms with Crippen LogP contribution >= 0.6 is 0 Å². The number of halogens is 1. The molecule has 0 spiro atoms. The lowest BCUT2D eigenvalue weighted by Gasteiger charge is -2.30. The van der Waals surface area contributed by atoms with Gasteiger partial charge in [-0.3, -0.25) is 14.8 Å². The van der Waals surface area contributed by atoms with Crippen molar-refractivity contribution in [1.82, 2.24) is 15.4 Å². The molecule has 0 bridgehead atoms. The molecule has 2 heterocycles. The normalized spacial score (nSPS) is 14.3. The zero-order valence-corrected chi connectivity index (χ0v) is 16.3. The van der Waals surface area contributed by atoms with Gasteiger partial charge in [-0.1, -0.05) is 30.3 Å². The topological polar surface area (TPSA) is 110 Å². The highest BCUT2D eigenvalue weighted by Crippen LogP contribution is 2.35. The van der Waals surface area contributed by atoms with E-state index in [2.05, 4.69) is 15.4 Å². The van der Waals surface area contributed by atoms with Crippen LogP contribution in [-0.2, 0) is 0 Å². The second kappa shape index (κ2) is 8.56. The highest BCUT2D eigenvalue weighted by atomic mass is 19.1. The number of hydrogen-bond acceptors (Lipinski definition) is 6. The van der Waals surface area contributed by atoms with Crippen LogP contribution in [0.5, 0.6) is 0 Å². The van der Waals surface area contributed by atoms with E-state index in [1.54, 1.807) is 17.1 Å². The summed E-state index contributed by atoms with van der Waals surface area (Å²) in [7, 11) is 0. The van der Waals surface area contributed by atoms with Gasteiger partial charge in [-0.05, 0) is 36.5 Å². The summed E-state index contributed by atoms with van der Waals surface area (Å²) in [6.45, 7) is 0.397. The van der Waals surface area contributed by atoms with Crippen LogP contribution in [0.1, 0.15) is 23.2 Å². The number of benzene rings is 1. The van der Waals surface area contributed by atoms with E-state index in [1.165, 1.54) is 18.6 Å². The summed E-state index contributed by atoms with van der Waals surface area (Å²) >= 11 is 0. The fourth-order valence-corrected chi connectivity index (χ4v) is 3.35. The number of nitrogens with two attached hydrogens (primary N) is 2. The molecule has 1 aliphatic carbocycles. The van der Waals surface area contributed by atoms with E-state index < -0.39 is 11.7 Å². The summed E-state index contributed by atoms with van der Waals surface area (Å²) in [6.07, 6.45) is 6.45. The first-order chi connectivity index (χ1) is 14.6. The lowest BCUT2D eigenvalue weighted by Crippen LogP contribution is -2.47. The first kappa shape index (κ1) is 19.9. The molecule has 2 aromatic heterocycles. The molecule has 0 unspecified atom stereocenters. The number of nitrogens with one attached hydrogen (secondary N) is 1. The third-order valence-corrected chi connectivity index (χ3v) is 5.19. The molecule has 1 aliphatic rings. The molecule has 1 aromatic carbocycles. The molecule has 1 amide bonds. The standard InChI is InChI=1S/C22H23FN6O/c23-21-17(14-4-2-1-3-5-14)12-26-13-19(21)29(28-18(10-24)15-6-7-15)20-9-8-16(11-27-20)22(25)30/h1-5,8-9,11-13,15,18,28H,6-7,10,24H2,(H2,25,30)/t18-/m0/s1. The summed E-state index contributed by atoms with van der Waals surface area (Å²) in [5.74, 6) is -0.179. The van der Waals surface area contributed by atoms with Crippen molar-refractivity contribution in [3.05, 3.63) is 72.4 Å². The van der Waals surface area contributed by atoms with E-state index in [0.29, 0.717) is 23.8 Å².